The van der Waals surface area contributed by atoms with Gasteiger partial charge in [-0.05, 0) is 37.1 Å². The quantitative estimate of drug-likeness (QED) is 0.825. The van der Waals surface area contributed by atoms with Crippen molar-refractivity contribution in [2.75, 3.05) is 11.4 Å². The van der Waals surface area contributed by atoms with Crippen molar-refractivity contribution in [1.29, 1.82) is 0 Å². The van der Waals surface area contributed by atoms with Crippen LogP contribution in [0.3, 0.4) is 0 Å². The highest BCUT2D eigenvalue weighted by molar-refractivity contribution is 7.10. The van der Waals surface area contributed by atoms with Crippen LogP contribution in [0.25, 0.3) is 0 Å². The van der Waals surface area contributed by atoms with Crippen LogP contribution in [0.1, 0.15) is 30.6 Å². The Kier molecular flexibility index (Phi) is 2.74. The predicted molar refractivity (Wildman–Crippen MR) is 67.3 cm³/mol. The molecule has 0 unspecified atom stereocenters. The van der Waals surface area contributed by atoms with Gasteiger partial charge in [0.05, 0.1) is 12.2 Å². The fourth-order valence-electron chi connectivity index (χ4n) is 2.29. The van der Waals surface area contributed by atoms with Crippen molar-refractivity contribution in [1.82, 2.24) is 0 Å². The van der Waals surface area contributed by atoms with Gasteiger partial charge >= 0.3 is 0 Å². The molecule has 0 atom stereocenters. The number of thiophene rings is 1. The number of ketones is 1. The Morgan fingerprint density at radius 2 is 2.24 bits per heavy atom. The molecule has 0 bridgehead atoms. The first-order chi connectivity index (χ1) is 8.25. The molecule has 0 saturated heterocycles. The van der Waals surface area contributed by atoms with Crippen molar-refractivity contribution >= 4 is 28.7 Å². The largest absolute Gasteiger partial charge is 0.304 e. The van der Waals surface area contributed by atoms with Crippen molar-refractivity contribution < 1.29 is 9.59 Å². The first-order valence-corrected chi connectivity index (χ1v) is 7.03. The molecular weight excluding hydrogens is 234 g/mol. The molecule has 4 heteroatoms. The van der Waals surface area contributed by atoms with Crippen molar-refractivity contribution in [3.8, 4) is 0 Å². The summed E-state index contributed by atoms with van der Waals surface area (Å²) in [6.45, 7) is 0.285. The van der Waals surface area contributed by atoms with E-state index in [1.54, 1.807) is 16.2 Å². The maximum Gasteiger partial charge on any atom is 0.227 e. The molecule has 1 saturated carbocycles. The lowest BCUT2D eigenvalue weighted by Crippen LogP contribution is -2.35. The second-order valence-corrected chi connectivity index (χ2v) is 5.80. The van der Waals surface area contributed by atoms with Crippen LogP contribution in [0.4, 0.5) is 5.69 Å². The van der Waals surface area contributed by atoms with Gasteiger partial charge in [0.25, 0.3) is 0 Å². The van der Waals surface area contributed by atoms with E-state index in [1.165, 1.54) is 4.88 Å². The minimum atomic E-state index is 0.108. The second kappa shape index (κ2) is 4.26. The topological polar surface area (TPSA) is 37.4 Å². The maximum absolute atomic E-state index is 12.0. The predicted octanol–water partition coefficient (Wildman–Crippen LogP) is 2.40. The smallest absolute Gasteiger partial charge is 0.227 e. The van der Waals surface area contributed by atoms with E-state index in [0.717, 1.165) is 31.4 Å². The van der Waals surface area contributed by atoms with Crippen LogP contribution in [0, 0.1) is 5.92 Å². The lowest BCUT2D eigenvalue weighted by atomic mass is 10.2. The third-order valence-corrected chi connectivity index (χ3v) is 4.42. The first-order valence-electron chi connectivity index (χ1n) is 6.15. The highest BCUT2D eigenvalue weighted by Gasteiger charge is 2.33. The summed E-state index contributed by atoms with van der Waals surface area (Å²) in [6, 6.07) is 1.98. The Labute approximate surface area is 104 Å². The van der Waals surface area contributed by atoms with Gasteiger partial charge in [0.2, 0.25) is 5.91 Å². The molecule has 0 N–H and O–H groups in total. The van der Waals surface area contributed by atoms with E-state index in [9.17, 15) is 9.59 Å². The summed E-state index contributed by atoms with van der Waals surface area (Å²) >= 11 is 1.69. The van der Waals surface area contributed by atoms with E-state index in [1.807, 2.05) is 11.4 Å². The zero-order chi connectivity index (χ0) is 11.8. The molecule has 90 valence electrons. The minimum absolute atomic E-state index is 0.108. The highest BCUT2D eigenvalue weighted by atomic mass is 32.1. The average molecular weight is 249 g/mol. The van der Waals surface area contributed by atoms with E-state index in [-0.39, 0.29) is 24.2 Å². The number of anilines is 1. The molecule has 1 amide bonds. The zero-order valence-electron chi connectivity index (χ0n) is 9.65. The molecule has 3 nitrogen and oxygen atoms in total. The number of fused-ring (bicyclic) bond motifs is 1. The van der Waals surface area contributed by atoms with Crippen LogP contribution in [-0.2, 0) is 16.0 Å². The number of nitrogens with zero attached hydrogens (tertiary/aromatic N) is 1. The number of aryl methyl sites for hydroxylation is 1. The number of hydrogen-bond donors (Lipinski definition) is 0. The average Bonchev–Trinajstić information content (AvgIpc) is 3.08. The summed E-state index contributed by atoms with van der Waals surface area (Å²) in [6.07, 6.45) is 4.46. The van der Waals surface area contributed by atoms with Crippen LogP contribution in [0.5, 0.6) is 0 Å². The SMILES string of the molecule is O=C(CN1C(=O)CCCc2sccc21)C1CC1. The van der Waals surface area contributed by atoms with Gasteiger partial charge in [-0.15, -0.1) is 11.3 Å². The number of hydrogen-bond acceptors (Lipinski definition) is 3. The molecule has 2 aliphatic rings. The van der Waals surface area contributed by atoms with Crippen LogP contribution in [-0.4, -0.2) is 18.2 Å². The Bertz CT molecular complexity index is 462. The number of carbonyl (C=O) groups excluding carboxylic acids is 2. The monoisotopic (exact) mass is 249 g/mol. The van der Waals surface area contributed by atoms with Crippen molar-refractivity contribution in [2.45, 2.75) is 32.1 Å². The van der Waals surface area contributed by atoms with Crippen molar-refractivity contribution in [3.05, 3.63) is 16.3 Å². The molecule has 3 rings (SSSR count). The summed E-state index contributed by atoms with van der Waals surface area (Å²) in [5.74, 6) is 0.571. The van der Waals surface area contributed by atoms with Crippen LogP contribution >= 0.6 is 11.3 Å². The van der Waals surface area contributed by atoms with Gasteiger partial charge < -0.3 is 4.90 Å². The highest BCUT2D eigenvalue weighted by Crippen LogP contribution is 2.34. The summed E-state index contributed by atoms with van der Waals surface area (Å²) in [5.41, 5.74) is 0.978. The zero-order valence-corrected chi connectivity index (χ0v) is 10.5. The van der Waals surface area contributed by atoms with Gasteiger partial charge in [-0.3, -0.25) is 9.59 Å². The van der Waals surface area contributed by atoms with Gasteiger partial charge in [0, 0.05) is 17.2 Å². The molecule has 1 fully saturated rings. The molecule has 1 aliphatic heterocycles. The third kappa shape index (κ3) is 2.14. The second-order valence-electron chi connectivity index (χ2n) is 4.80. The van der Waals surface area contributed by atoms with Crippen LogP contribution in [0.15, 0.2) is 11.4 Å². The van der Waals surface area contributed by atoms with E-state index < -0.39 is 0 Å². The Hall–Kier alpha value is -1.16. The maximum atomic E-state index is 12.0. The van der Waals surface area contributed by atoms with Crippen LogP contribution in [0.2, 0.25) is 0 Å². The lowest BCUT2D eigenvalue weighted by Gasteiger charge is -2.20. The number of amides is 1. The molecule has 1 aliphatic carbocycles. The van der Waals surface area contributed by atoms with E-state index >= 15 is 0 Å². The summed E-state index contributed by atoms with van der Waals surface area (Å²) in [5, 5.41) is 2.01. The van der Waals surface area contributed by atoms with E-state index in [2.05, 4.69) is 0 Å². The molecule has 0 radical (unpaired) electrons. The minimum Gasteiger partial charge on any atom is -0.304 e. The Morgan fingerprint density at radius 1 is 1.41 bits per heavy atom. The summed E-state index contributed by atoms with van der Waals surface area (Å²) < 4.78 is 0. The summed E-state index contributed by atoms with van der Waals surface area (Å²) in [7, 11) is 0. The molecule has 2 heterocycles. The van der Waals surface area contributed by atoms with Gasteiger partial charge in [0.1, 0.15) is 0 Å². The molecular formula is C13H15NO2S. The molecule has 17 heavy (non-hydrogen) atoms. The Morgan fingerprint density at radius 3 is 3.00 bits per heavy atom. The van der Waals surface area contributed by atoms with Gasteiger partial charge in [-0.2, -0.15) is 0 Å². The molecule has 1 aromatic heterocycles. The van der Waals surface area contributed by atoms with Crippen molar-refractivity contribution in [2.24, 2.45) is 5.92 Å². The van der Waals surface area contributed by atoms with Gasteiger partial charge in [0.15, 0.2) is 5.78 Å². The van der Waals surface area contributed by atoms with E-state index in [4.69, 9.17) is 0 Å². The number of Topliss-reactive ketones (excluding diaryl/α,β-unsaturated/α-hetero) is 1. The standard InChI is InChI=1S/C13H15NO2S/c15-11(9-4-5-9)8-14-10-6-7-17-12(10)2-1-3-13(14)16/h6-7,9H,1-5,8H2. The van der Waals surface area contributed by atoms with Gasteiger partial charge in [-0.1, -0.05) is 0 Å². The number of rotatable bonds is 3. The lowest BCUT2D eigenvalue weighted by molar-refractivity contribution is -0.123. The fourth-order valence-corrected chi connectivity index (χ4v) is 3.22. The first kappa shape index (κ1) is 11.0. The van der Waals surface area contributed by atoms with Crippen molar-refractivity contribution in [3.63, 3.8) is 0 Å². The normalized spacial score (nSPS) is 20.0. The molecule has 0 spiro atoms. The molecule has 0 aromatic carbocycles. The van der Waals surface area contributed by atoms with Gasteiger partial charge in [-0.25, -0.2) is 0 Å². The molecule has 1 aromatic rings. The third-order valence-electron chi connectivity index (χ3n) is 3.45. The Balaban J connectivity index is 1.85. The number of carbonyl (C=O) groups is 2. The fraction of sp³-hybridized carbons (Fsp3) is 0.538. The van der Waals surface area contributed by atoms with E-state index in [0.29, 0.717) is 6.42 Å². The summed E-state index contributed by atoms with van der Waals surface area (Å²) in [4.78, 5) is 26.9. The van der Waals surface area contributed by atoms with Crippen LogP contribution < -0.4 is 4.90 Å².